The number of nitrogens with one attached hydrogen (secondary N) is 1. The normalized spacial score (nSPS) is 13.7. The molecule has 0 saturated carbocycles. The van der Waals surface area contributed by atoms with Crippen LogP contribution in [-0.2, 0) is 9.59 Å². The maximum atomic E-state index is 11.4. The van der Waals surface area contributed by atoms with Crippen molar-refractivity contribution in [2.24, 2.45) is 0 Å². The van der Waals surface area contributed by atoms with Crippen molar-refractivity contribution in [1.29, 1.82) is 0 Å². The number of aliphatic carboxylic acids is 1. The molecule has 0 aromatic carbocycles. The average molecular weight is 216 g/mol. The summed E-state index contributed by atoms with van der Waals surface area (Å²) in [4.78, 5) is 23.8. The van der Waals surface area contributed by atoms with Crippen molar-refractivity contribution in [3.63, 3.8) is 0 Å². The van der Waals surface area contributed by atoms with E-state index in [1.54, 1.807) is 18.9 Å². The monoisotopic (exact) mass is 216 g/mol. The summed E-state index contributed by atoms with van der Waals surface area (Å²) in [6.45, 7) is 7.21. The molecule has 2 N–H and O–H groups in total. The van der Waals surface area contributed by atoms with E-state index in [0.717, 1.165) is 0 Å². The van der Waals surface area contributed by atoms with Crippen LogP contribution in [0.1, 0.15) is 27.7 Å². The third-order valence-corrected chi connectivity index (χ3v) is 2.26. The van der Waals surface area contributed by atoms with Gasteiger partial charge < -0.3 is 10.4 Å². The Labute approximate surface area is 90.5 Å². The zero-order valence-electron chi connectivity index (χ0n) is 10.00. The van der Waals surface area contributed by atoms with E-state index in [-0.39, 0.29) is 18.0 Å². The van der Waals surface area contributed by atoms with Crippen LogP contribution in [0.2, 0.25) is 0 Å². The number of carbonyl (C=O) groups excluding carboxylic acids is 1. The Morgan fingerprint density at radius 3 is 2.13 bits per heavy atom. The second-order valence-corrected chi connectivity index (χ2v) is 4.48. The molecule has 0 aromatic heterocycles. The standard InChI is InChI=1S/C10H20N2O3/c1-7(9(15)11-5)12(6-8(13)14)10(2,3)4/h7H,6H2,1-5H3,(H,11,15)(H,13,14). The molecule has 0 fully saturated rings. The van der Waals surface area contributed by atoms with Gasteiger partial charge in [-0.1, -0.05) is 0 Å². The third kappa shape index (κ3) is 4.29. The molecule has 0 saturated heterocycles. The fourth-order valence-corrected chi connectivity index (χ4v) is 1.45. The topological polar surface area (TPSA) is 69.6 Å². The van der Waals surface area contributed by atoms with Crippen LogP contribution in [0.15, 0.2) is 0 Å². The molecule has 88 valence electrons. The summed E-state index contributed by atoms with van der Waals surface area (Å²) in [6, 6.07) is -0.453. The zero-order chi connectivity index (χ0) is 12.2. The smallest absolute Gasteiger partial charge is 0.317 e. The van der Waals surface area contributed by atoms with Gasteiger partial charge in [-0.2, -0.15) is 0 Å². The Morgan fingerprint density at radius 2 is 1.87 bits per heavy atom. The van der Waals surface area contributed by atoms with Crippen LogP contribution in [0, 0.1) is 0 Å². The van der Waals surface area contributed by atoms with E-state index >= 15 is 0 Å². The molecular weight excluding hydrogens is 196 g/mol. The van der Waals surface area contributed by atoms with Crippen molar-refractivity contribution in [2.45, 2.75) is 39.3 Å². The minimum Gasteiger partial charge on any atom is -0.480 e. The third-order valence-electron chi connectivity index (χ3n) is 2.26. The van der Waals surface area contributed by atoms with E-state index < -0.39 is 12.0 Å². The minimum absolute atomic E-state index is 0.141. The zero-order valence-corrected chi connectivity index (χ0v) is 10.00. The lowest BCUT2D eigenvalue weighted by molar-refractivity contribution is -0.142. The summed E-state index contributed by atoms with van der Waals surface area (Å²) in [5.74, 6) is -1.10. The second-order valence-electron chi connectivity index (χ2n) is 4.48. The number of carboxylic acid groups (broad SMARTS) is 1. The minimum atomic E-state index is -0.930. The van der Waals surface area contributed by atoms with Crippen LogP contribution in [-0.4, -0.2) is 47.1 Å². The molecule has 0 spiro atoms. The van der Waals surface area contributed by atoms with Crippen molar-refractivity contribution in [2.75, 3.05) is 13.6 Å². The number of rotatable bonds is 4. The van der Waals surface area contributed by atoms with E-state index in [9.17, 15) is 9.59 Å². The summed E-state index contributed by atoms with van der Waals surface area (Å²) in [5.41, 5.74) is -0.357. The lowest BCUT2D eigenvalue weighted by Gasteiger charge is -2.38. The molecule has 0 radical (unpaired) electrons. The van der Waals surface area contributed by atoms with Gasteiger partial charge in [0.1, 0.15) is 0 Å². The second kappa shape index (κ2) is 5.11. The van der Waals surface area contributed by atoms with Crippen LogP contribution < -0.4 is 5.32 Å². The lowest BCUT2D eigenvalue weighted by atomic mass is 10.0. The number of likely N-dealkylation sites (N-methyl/N-ethyl adjacent to an activating group) is 1. The van der Waals surface area contributed by atoms with Gasteiger partial charge in [-0.15, -0.1) is 0 Å². The molecule has 0 aromatic rings. The first-order chi connectivity index (χ1) is 6.70. The summed E-state index contributed by atoms with van der Waals surface area (Å²) >= 11 is 0. The molecule has 1 atom stereocenters. The van der Waals surface area contributed by atoms with Crippen molar-refractivity contribution in [1.82, 2.24) is 10.2 Å². The molecule has 0 aliphatic rings. The van der Waals surface area contributed by atoms with Crippen LogP contribution in [0.4, 0.5) is 0 Å². The fraction of sp³-hybridized carbons (Fsp3) is 0.800. The Hall–Kier alpha value is -1.10. The largest absolute Gasteiger partial charge is 0.480 e. The Balaban J connectivity index is 4.78. The molecule has 15 heavy (non-hydrogen) atoms. The maximum absolute atomic E-state index is 11.4. The Kier molecular flexibility index (Phi) is 4.74. The number of hydrogen-bond acceptors (Lipinski definition) is 3. The van der Waals surface area contributed by atoms with Crippen molar-refractivity contribution < 1.29 is 14.7 Å². The quantitative estimate of drug-likeness (QED) is 0.709. The van der Waals surface area contributed by atoms with Gasteiger partial charge in [-0.3, -0.25) is 14.5 Å². The summed E-state index contributed by atoms with van der Waals surface area (Å²) in [7, 11) is 1.54. The molecule has 0 bridgehead atoms. The summed E-state index contributed by atoms with van der Waals surface area (Å²) < 4.78 is 0. The molecule has 0 aliphatic carbocycles. The molecular formula is C10H20N2O3. The first-order valence-electron chi connectivity index (χ1n) is 4.90. The van der Waals surface area contributed by atoms with E-state index in [4.69, 9.17) is 5.11 Å². The molecule has 0 rings (SSSR count). The van der Waals surface area contributed by atoms with Crippen LogP contribution in [0.3, 0.4) is 0 Å². The molecule has 0 heterocycles. The molecule has 5 nitrogen and oxygen atoms in total. The number of nitrogens with zero attached hydrogens (tertiary/aromatic N) is 1. The maximum Gasteiger partial charge on any atom is 0.317 e. The van der Waals surface area contributed by atoms with Gasteiger partial charge in [0.05, 0.1) is 12.6 Å². The highest BCUT2D eigenvalue weighted by Crippen LogP contribution is 2.16. The lowest BCUT2D eigenvalue weighted by Crippen LogP contribution is -2.54. The molecule has 1 unspecified atom stereocenters. The molecule has 1 amide bonds. The number of hydrogen-bond donors (Lipinski definition) is 2. The van der Waals surface area contributed by atoms with Gasteiger partial charge in [-0.25, -0.2) is 0 Å². The summed E-state index contributed by atoms with van der Waals surface area (Å²) in [6.07, 6.45) is 0. The highest BCUT2D eigenvalue weighted by Gasteiger charge is 2.31. The van der Waals surface area contributed by atoms with E-state index in [1.165, 1.54) is 0 Å². The number of carboxylic acids is 1. The van der Waals surface area contributed by atoms with Gasteiger partial charge in [0.15, 0.2) is 0 Å². The molecule has 5 heteroatoms. The predicted molar refractivity (Wildman–Crippen MR) is 57.6 cm³/mol. The van der Waals surface area contributed by atoms with E-state index in [0.29, 0.717) is 0 Å². The highest BCUT2D eigenvalue weighted by atomic mass is 16.4. The van der Waals surface area contributed by atoms with Crippen molar-refractivity contribution >= 4 is 11.9 Å². The van der Waals surface area contributed by atoms with Gasteiger partial charge in [0.25, 0.3) is 0 Å². The van der Waals surface area contributed by atoms with Crippen LogP contribution >= 0.6 is 0 Å². The summed E-state index contributed by atoms with van der Waals surface area (Å²) in [5, 5.41) is 11.3. The SMILES string of the molecule is CNC(=O)C(C)N(CC(=O)O)C(C)(C)C. The highest BCUT2D eigenvalue weighted by molar-refractivity contribution is 5.82. The van der Waals surface area contributed by atoms with E-state index in [2.05, 4.69) is 5.32 Å². The predicted octanol–water partition coefficient (Wildman–Crippen LogP) is 0.306. The van der Waals surface area contributed by atoms with Crippen LogP contribution in [0.25, 0.3) is 0 Å². The number of amides is 1. The van der Waals surface area contributed by atoms with Crippen molar-refractivity contribution in [3.8, 4) is 0 Å². The van der Waals surface area contributed by atoms with Crippen LogP contribution in [0.5, 0.6) is 0 Å². The Morgan fingerprint density at radius 1 is 1.40 bits per heavy atom. The first kappa shape index (κ1) is 13.9. The first-order valence-corrected chi connectivity index (χ1v) is 4.90. The van der Waals surface area contributed by atoms with Gasteiger partial charge in [0, 0.05) is 12.6 Å². The number of carbonyl (C=O) groups is 2. The Bertz CT molecular complexity index is 246. The van der Waals surface area contributed by atoms with Gasteiger partial charge in [-0.05, 0) is 27.7 Å². The van der Waals surface area contributed by atoms with Gasteiger partial charge >= 0.3 is 5.97 Å². The van der Waals surface area contributed by atoms with E-state index in [1.807, 2.05) is 20.8 Å². The average Bonchev–Trinajstić information content (AvgIpc) is 2.09. The molecule has 0 aliphatic heterocycles. The van der Waals surface area contributed by atoms with Crippen molar-refractivity contribution in [3.05, 3.63) is 0 Å². The van der Waals surface area contributed by atoms with Gasteiger partial charge in [0.2, 0.25) is 5.91 Å². The fourth-order valence-electron chi connectivity index (χ4n) is 1.45.